The summed E-state index contributed by atoms with van der Waals surface area (Å²) in [5, 5.41) is 0. The molecule has 116 valence electrons. The van der Waals surface area contributed by atoms with Gasteiger partial charge in [-0.25, -0.2) is 0 Å². The lowest BCUT2D eigenvalue weighted by molar-refractivity contribution is -0.195. The summed E-state index contributed by atoms with van der Waals surface area (Å²) in [5.74, 6) is -0.0805. The van der Waals surface area contributed by atoms with E-state index in [4.69, 9.17) is 14.2 Å². The van der Waals surface area contributed by atoms with Crippen LogP contribution in [0.1, 0.15) is 65.2 Å². The molecule has 1 unspecified atom stereocenters. The first-order chi connectivity index (χ1) is 9.62. The second-order valence-corrected chi connectivity index (χ2v) is 6.40. The molecule has 2 aliphatic rings. The lowest BCUT2D eigenvalue weighted by Crippen LogP contribution is -2.42. The number of rotatable bonds is 5. The van der Waals surface area contributed by atoms with Crippen molar-refractivity contribution in [3.05, 3.63) is 0 Å². The zero-order valence-corrected chi connectivity index (χ0v) is 12.9. The van der Waals surface area contributed by atoms with Crippen molar-refractivity contribution in [2.75, 3.05) is 13.2 Å². The first-order valence-electron chi connectivity index (χ1n) is 8.07. The monoisotopic (exact) mass is 284 g/mol. The molecule has 2 rings (SSSR count). The second-order valence-electron chi connectivity index (χ2n) is 6.40. The van der Waals surface area contributed by atoms with Gasteiger partial charge in [0.25, 0.3) is 0 Å². The third kappa shape index (κ3) is 4.19. The molecule has 0 spiro atoms. The largest absolute Gasteiger partial charge is 0.462 e. The number of carbonyl (C=O) groups excluding carboxylic acids is 1. The molecule has 1 saturated carbocycles. The molecule has 1 aliphatic carbocycles. The summed E-state index contributed by atoms with van der Waals surface area (Å²) in [5.41, 5.74) is -0.441. The van der Waals surface area contributed by atoms with Gasteiger partial charge in [-0.15, -0.1) is 0 Å². The van der Waals surface area contributed by atoms with Crippen LogP contribution >= 0.6 is 0 Å². The molecular weight excluding hydrogens is 256 g/mol. The maximum atomic E-state index is 12.5. The molecule has 0 radical (unpaired) electrons. The smallest absolute Gasteiger partial charge is 0.314 e. The van der Waals surface area contributed by atoms with Gasteiger partial charge in [0.1, 0.15) is 0 Å². The lowest BCUT2D eigenvalue weighted by atomic mass is 9.74. The summed E-state index contributed by atoms with van der Waals surface area (Å²) in [6, 6.07) is 0. The summed E-state index contributed by atoms with van der Waals surface area (Å²) in [4.78, 5) is 12.5. The van der Waals surface area contributed by atoms with Crippen LogP contribution in [0.15, 0.2) is 0 Å². The minimum Gasteiger partial charge on any atom is -0.462 e. The minimum atomic E-state index is -0.441. The van der Waals surface area contributed by atoms with E-state index in [-0.39, 0.29) is 18.4 Å². The average Bonchev–Trinajstić information content (AvgIpc) is 2.46. The molecule has 4 heteroatoms. The number of esters is 1. The Balaban J connectivity index is 1.93. The highest BCUT2D eigenvalue weighted by Crippen LogP contribution is 2.38. The topological polar surface area (TPSA) is 44.8 Å². The Morgan fingerprint density at radius 3 is 2.55 bits per heavy atom. The maximum Gasteiger partial charge on any atom is 0.314 e. The van der Waals surface area contributed by atoms with E-state index in [1.54, 1.807) is 0 Å². The van der Waals surface area contributed by atoms with Crippen molar-refractivity contribution >= 4 is 5.97 Å². The number of hydrogen-bond acceptors (Lipinski definition) is 4. The van der Waals surface area contributed by atoms with Crippen molar-refractivity contribution in [1.29, 1.82) is 0 Å². The average molecular weight is 284 g/mol. The van der Waals surface area contributed by atoms with E-state index in [0.29, 0.717) is 6.61 Å². The molecule has 0 aromatic rings. The van der Waals surface area contributed by atoms with Gasteiger partial charge in [-0.1, -0.05) is 19.3 Å². The van der Waals surface area contributed by atoms with Crippen LogP contribution in [0.25, 0.3) is 0 Å². The van der Waals surface area contributed by atoms with Gasteiger partial charge in [-0.05, 0) is 46.0 Å². The van der Waals surface area contributed by atoms with Gasteiger partial charge in [-0.3, -0.25) is 4.79 Å². The van der Waals surface area contributed by atoms with Crippen LogP contribution in [0.2, 0.25) is 0 Å². The van der Waals surface area contributed by atoms with E-state index in [1.807, 2.05) is 13.8 Å². The lowest BCUT2D eigenvalue weighted by Gasteiger charge is -2.36. The third-order valence-corrected chi connectivity index (χ3v) is 4.27. The molecule has 1 saturated heterocycles. The third-order valence-electron chi connectivity index (χ3n) is 4.27. The zero-order chi connectivity index (χ0) is 14.4. The highest BCUT2D eigenvalue weighted by molar-refractivity contribution is 5.77. The Bertz CT molecular complexity index is 302. The molecule has 0 amide bonds. The first kappa shape index (κ1) is 15.8. The molecule has 1 atom stereocenters. The molecule has 1 aliphatic heterocycles. The van der Waals surface area contributed by atoms with E-state index >= 15 is 0 Å². The second kappa shape index (κ2) is 7.41. The normalized spacial score (nSPS) is 26.4. The Hall–Kier alpha value is -0.610. The zero-order valence-electron chi connectivity index (χ0n) is 12.9. The van der Waals surface area contributed by atoms with Crippen molar-refractivity contribution in [2.24, 2.45) is 5.41 Å². The fraction of sp³-hybridized carbons (Fsp3) is 0.938. The van der Waals surface area contributed by atoms with Crippen LogP contribution in [0, 0.1) is 5.41 Å². The molecule has 0 aromatic heterocycles. The van der Waals surface area contributed by atoms with Crippen molar-refractivity contribution < 1.29 is 19.0 Å². The molecular formula is C16H28O4. The molecule has 4 nitrogen and oxygen atoms in total. The predicted molar refractivity (Wildman–Crippen MR) is 76.3 cm³/mol. The van der Waals surface area contributed by atoms with Crippen molar-refractivity contribution in [2.45, 2.75) is 77.6 Å². The van der Waals surface area contributed by atoms with E-state index in [1.165, 1.54) is 6.42 Å². The summed E-state index contributed by atoms with van der Waals surface area (Å²) in [6.45, 7) is 5.02. The highest BCUT2D eigenvalue weighted by Gasteiger charge is 2.42. The molecule has 0 bridgehead atoms. The number of carbonyl (C=O) groups is 1. The Morgan fingerprint density at radius 2 is 1.95 bits per heavy atom. The minimum absolute atomic E-state index is 0.0627. The first-order valence-corrected chi connectivity index (χ1v) is 8.07. The van der Waals surface area contributed by atoms with Crippen LogP contribution in [0.3, 0.4) is 0 Å². The van der Waals surface area contributed by atoms with Gasteiger partial charge in [0.2, 0.25) is 0 Å². The van der Waals surface area contributed by atoms with Gasteiger partial charge in [-0.2, -0.15) is 0 Å². The van der Waals surface area contributed by atoms with Gasteiger partial charge < -0.3 is 14.2 Å². The van der Waals surface area contributed by atoms with E-state index in [9.17, 15) is 4.79 Å². The molecule has 0 aromatic carbocycles. The Morgan fingerprint density at radius 1 is 1.20 bits per heavy atom. The molecule has 2 fully saturated rings. The maximum absolute atomic E-state index is 12.5. The SMILES string of the molecule is CC(C)OC(=O)C1(COC2CCCCO2)CCCCC1. The Labute approximate surface area is 122 Å². The van der Waals surface area contributed by atoms with Gasteiger partial charge in [0.05, 0.1) is 18.1 Å². The van der Waals surface area contributed by atoms with Gasteiger partial charge >= 0.3 is 5.97 Å². The summed E-state index contributed by atoms with van der Waals surface area (Å²) < 4.78 is 17.0. The van der Waals surface area contributed by atoms with Crippen LogP contribution in [0.5, 0.6) is 0 Å². The van der Waals surface area contributed by atoms with Crippen molar-refractivity contribution in [3.8, 4) is 0 Å². The molecule has 20 heavy (non-hydrogen) atoms. The summed E-state index contributed by atoms with van der Waals surface area (Å²) in [7, 11) is 0. The fourth-order valence-corrected chi connectivity index (χ4v) is 3.07. The summed E-state index contributed by atoms with van der Waals surface area (Å²) in [6.07, 6.45) is 8.14. The summed E-state index contributed by atoms with van der Waals surface area (Å²) >= 11 is 0. The van der Waals surface area contributed by atoms with Gasteiger partial charge in [0.15, 0.2) is 6.29 Å². The van der Waals surface area contributed by atoms with E-state index in [0.717, 1.165) is 51.6 Å². The van der Waals surface area contributed by atoms with E-state index in [2.05, 4.69) is 0 Å². The van der Waals surface area contributed by atoms with E-state index < -0.39 is 5.41 Å². The van der Waals surface area contributed by atoms with Crippen LogP contribution in [-0.2, 0) is 19.0 Å². The number of hydrogen-bond donors (Lipinski definition) is 0. The Kier molecular flexibility index (Phi) is 5.85. The van der Waals surface area contributed by atoms with Gasteiger partial charge in [0, 0.05) is 6.61 Å². The standard InChI is InChI=1S/C16H28O4/c1-13(2)20-15(17)16(9-5-3-6-10-16)12-19-14-8-4-7-11-18-14/h13-14H,3-12H2,1-2H3. The van der Waals surface area contributed by atoms with Crippen molar-refractivity contribution in [1.82, 2.24) is 0 Å². The molecule has 1 heterocycles. The van der Waals surface area contributed by atoms with Crippen LogP contribution in [0.4, 0.5) is 0 Å². The fourth-order valence-electron chi connectivity index (χ4n) is 3.07. The predicted octanol–water partition coefficient (Wildman–Crippen LogP) is 3.43. The van der Waals surface area contributed by atoms with Crippen LogP contribution < -0.4 is 0 Å². The highest BCUT2D eigenvalue weighted by atomic mass is 16.7. The molecule has 0 N–H and O–H groups in total. The quantitative estimate of drug-likeness (QED) is 0.726. The van der Waals surface area contributed by atoms with Crippen LogP contribution in [-0.4, -0.2) is 31.6 Å². The van der Waals surface area contributed by atoms with Crippen molar-refractivity contribution in [3.63, 3.8) is 0 Å². The number of ether oxygens (including phenoxy) is 3.